The molecule has 1 saturated carbocycles. The van der Waals surface area contributed by atoms with Crippen LogP contribution in [0.25, 0.3) is 0 Å². The van der Waals surface area contributed by atoms with Crippen LogP contribution in [0.5, 0.6) is 0 Å². The van der Waals surface area contributed by atoms with Crippen LogP contribution in [0.3, 0.4) is 0 Å². The van der Waals surface area contributed by atoms with Crippen molar-refractivity contribution in [3.63, 3.8) is 0 Å². The van der Waals surface area contributed by atoms with Crippen molar-refractivity contribution in [3.8, 4) is 0 Å². The van der Waals surface area contributed by atoms with Crippen LogP contribution in [0.4, 0.5) is 9.59 Å². The molecule has 1 fully saturated rings. The van der Waals surface area contributed by atoms with Crippen LogP contribution in [-0.4, -0.2) is 42.4 Å². The maximum absolute atomic E-state index is 12.1. The average Bonchev–Trinajstić information content (AvgIpc) is 2.49. The van der Waals surface area contributed by atoms with Crippen molar-refractivity contribution in [3.05, 3.63) is 0 Å². The molecule has 0 heterocycles. The second-order valence-electron chi connectivity index (χ2n) is 9.08. The molecule has 0 radical (unpaired) electrons. The summed E-state index contributed by atoms with van der Waals surface area (Å²) in [5, 5.41) is 5.01. The number of aliphatic imine (C=N–C) groups is 1. The minimum atomic E-state index is -0.680. The number of amides is 2. The summed E-state index contributed by atoms with van der Waals surface area (Å²) < 4.78 is 10.5. The van der Waals surface area contributed by atoms with E-state index in [1.54, 1.807) is 41.5 Å². The molecule has 0 bridgehead atoms. The van der Waals surface area contributed by atoms with Crippen molar-refractivity contribution in [2.45, 2.75) is 78.4 Å². The third-order valence-corrected chi connectivity index (χ3v) is 3.97. The number of guanidine groups is 1. The molecule has 8 heteroatoms. The molecule has 2 unspecified atom stereocenters. The summed E-state index contributed by atoms with van der Waals surface area (Å²) in [6.45, 7) is 11.8. The molecule has 27 heavy (non-hydrogen) atoms. The van der Waals surface area contributed by atoms with E-state index in [4.69, 9.17) is 15.2 Å². The van der Waals surface area contributed by atoms with Gasteiger partial charge in [-0.05, 0) is 79.2 Å². The first-order valence-electron chi connectivity index (χ1n) is 9.62. The molecule has 0 spiro atoms. The summed E-state index contributed by atoms with van der Waals surface area (Å²) in [5.74, 6) is 0.927. The molecule has 1 aliphatic carbocycles. The summed E-state index contributed by atoms with van der Waals surface area (Å²) >= 11 is 0. The standard InChI is InChI=1S/C19H36N4O4/c1-18(2,3)26-16(24)22-15(23-17(25)27-19(4,5)6)21-12-14-9-7-8-13(10-14)11-20/h13-14H,7-12,20H2,1-6H3,(H2,21,22,23,24,25). The number of rotatable bonds is 3. The zero-order valence-electron chi connectivity index (χ0n) is 17.6. The van der Waals surface area contributed by atoms with Crippen molar-refractivity contribution in [2.24, 2.45) is 22.6 Å². The van der Waals surface area contributed by atoms with E-state index in [0.29, 0.717) is 24.9 Å². The lowest BCUT2D eigenvalue weighted by atomic mass is 9.81. The highest BCUT2D eigenvalue weighted by Crippen LogP contribution is 2.28. The van der Waals surface area contributed by atoms with E-state index in [1.165, 1.54) is 0 Å². The summed E-state index contributed by atoms with van der Waals surface area (Å²) in [6, 6.07) is 0. The van der Waals surface area contributed by atoms with Crippen molar-refractivity contribution < 1.29 is 19.1 Å². The average molecular weight is 385 g/mol. The minimum absolute atomic E-state index is 0.0355. The summed E-state index contributed by atoms with van der Waals surface area (Å²) in [7, 11) is 0. The lowest BCUT2D eigenvalue weighted by Gasteiger charge is -2.27. The van der Waals surface area contributed by atoms with Crippen LogP contribution in [0.15, 0.2) is 4.99 Å². The maximum atomic E-state index is 12.1. The van der Waals surface area contributed by atoms with E-state index in [9.17, 15) is 9.59 Å². The van der Waals surface area contributed by atoms with Crippen molar-refractivity contribution >= 4 is 18.1 Å². The fraction of sp³-hybridized carbons (Fsp3) is 0.842. The van der Waals surface area contributed by atoms with Gasteiger partial charge in [0.05, 0.1) is 0 Å². The third-order valence-electron chi connectivity index (χ3n) is 3.97. The number of hydrogen-bond donors (Lipinski definition) is 3. The predicted molar refractivity (Wildman–Crippen MR) is 106 cm³/mol. The predicted octanol–water partition coefficient (Wildman–Crippen LogP) is 3.16. The SMILES string of the molecule is CC(C)(C)OC(=O)NC(=NCC1CCCC(CN)C1)NC(=O)OC(C)(C)C. The Labute approximate surface area is 162 Å². The molecule has 8 nitrogen and oxygen atoms in total. The highest BCUT2D eigenvalue weighted by molar-refractivity contribution is 6.01. The highest BCUT2D eigenvalue weighted by Gasteiger charge is 2.23. The van der Waals surface area contributed by atoms with Gasteiger partial charge in [-0.25, -0.2) is 9.59 Å². The number of nitrogens with two attached hydrogens (primary N) is 1. The molecule has 0 aliphatic heterocycles. The maximum Gasteiger partial charge on any atom is 0.414 e. The molecule has 1 rings (SSSR count). The normalized spacial score (nSPS) is 20.4. The van der Waals surface area contributed by atoms with Crippen LogP contribution in [0.2, 0.25) is 0 Å². The Balaban J connectivity index is 2.76. The van der Waals surface area contributed by atoms with Gasteiger partial charge in [-0.2, -0.15) is 0 Å². The second-order valence-corrected chi connectivity index (χ2v) is 9.08. The van der Waals surface area contributed by atoms with Gasteiger partial charge in [-0.3, -0.25) is 15.6 Å². The van der Waals surface area contributed by atoms with E-state index in [-0.39, 0.29) is 5.96 Å². The number of ether oxygens (including phenoxy) is 2. The molecule has 2 amide bonds. The van der Waals surface area contributed by atoms with E-state index in [0.717, 1.165) is 25.7 Å². The Bertz CT molecular complexity index is 503. The smallest absolute Gasteiger partial charge is 0.414 e. The molecule has 0 saturated heterocycles. The van der Waals surface area contributed by atoms with Gasteiger partial charge in [-0.15, -0.1) is 0 Å². The molecular formula is C19H36N4O4. The number of carbonyl (C=O) groups is 2. The van der Waals surface area contributed by atoms with E-state index in [2.05, 4.69) is 15.6 Å². The zero-order chi connectivity index (χ0) is 20.7. The number of hydrogen-bond acceptors (Lipinski definition) is 6. The lowest BCUT2D eigenvalue weighted by molar-refractivity contribution is 0.0545. The molecule has 0 aromatic heterocycles. The first kappa shape index (κ1) is 23.2. The van der Waals surface area contributed by atoms with Crippen molar-refractivity contribution in [1.82, 2.24) is 10.6 Å². The summed E-state index contributed by atoms with van der Waals surface area (Å²) in [6.07, 6.45) is 2.98. The van der Waals surface area contributed by atoms with Gasteiger partial charge in [0.25, 0.3) is 0 Å². The van der Waals surface area contributed by atoms with E-state index >= 15 is 0 Å². The monoisotopic (exact) mass is 384 g/mol. The molecule has 4 N–H and O–H groups in total. The Kier molecular flexibility index (Phi) is 8.53. The number of carbonyl (C=O) groups excluding carboxylic acids is 2. The van der Waals surface area contributed by atoms with Crippen molar-refractivity contribution in [1.29, 1.82) is 0 Å². The van der Waals surface area contributed by atoms with Gasteiger partial charge in [0.1, 0.15) is 11.2 Å². The molecule has 1 aliphatic rings. The van der Waals surface area contributed by atoms with Gasteiger partial charge >= 0.3 is 12.2 Å². The number of nitrogens with one attached hydrogen (secondary N) is 2. The molecule has 2 atom stereocenters. The fourth-order valence-corrected chi connectivity index (χ4v) is 2.91. The first-order chi connectivity index (χ1) is 12.4. The van der Waals surface area contributed by atoms with Gasteiger partial charge in [-0.1, -0.05) is 6.42 Å². The molecule has 156 valence electrons. The van der Waals surface area contributed by atoms with Crippen LogP contribution in [0.1, 0.15) is 67.2 Å². The van der Waals surface area contributed by atoms with Crippen LogP contribution >= 0.6 is 0 Å². The topological polar surface area (TPSA) is 115 Å². The molecule has 0 aromatic rings. The van der Waals surface area contributed by atoms with E-state index in [1.807, 2.05) is 0 Å². The largest absolute Gasteiger partial charge is 0.444 e. The van der Waals surface area contributed by atoms with Gasteiger partial charge < -0.3 is 15.2 Å². The van der Waals surface area contributed by atoms with Gasteiger partial charge in [0.2, 0.25) is 5.96 Å². The van der Waals surface area contributed by atoms with Crippen LogP contribution in [0, 0.1) is 11.8 Å². The van der Waals surface area contributed by atoms with Gasteiger partial charge in [0, 0.05) is 6.54 Å². The Morgan fingerprint density at radius 2 is 1.44 bits per heavy atom. The Hall–Kier alpha value is -1.83. The first-order valence-corrected chi connectivity index (χ1v) is 9.62. The quantitative estimate of drug-likeness (QED) is 0.511. The van der Waals surface area contributed by atoms with Crippen LogP contribution < -0.4 is 16.4 Å². The Morgan fingerprint density at radius 1 is 0.963 bits per heavy atom. The minimum Gasteiger partial charge on any atom is -0.444 e. The van der Waals surface area contributed by atoms with Crippen molar-refractivity contribution in [2.75, 3.05) is 13.1 Å². The highest BCUT2D eigenvalue weighted by atomic mass is 16.6. The molecular weight excluding hydrogens is 348 g/mol. The van der Waals surface area contributed by atoms with Gasteiger partial charge in [0.15, 0.2) is 0 Å². The lowest BCUT2D eigenvalue weighted by Crippen LogP contribution is -2.47. The third kappa shape index (κ3) is 10.8. The van der Waals surface area contributed by atoms with Crippen LogP contribution in [-0.2, 0) is 9.47 Å². The zero-order valence-corrected chi connectivity index (χ0v) is 17.6. The summed E-state index contributed by atoms with van der Waals surface area (Å²) in [5.41, 5.74) is 4.48. The summed E-state index contributed by atoms with van der Waals surface area (Å²) in [4.78, 5) is 28.5. The number of nitrogens with zero attached hydrogens (tertiary/aromatic N) is 1. The second kappa shape index (κ2) is 9.92. The van der Waals surface area contributed by atoms with E-state index < -0.39 is 23.4 Å². The number of alkyl carbamates (subject to hydrolysis) is 2. The molecule has 0 aromatic carbocycles. The fourth-order valence-electron chi connectivity index (χ4n) is 2.91. The Morgan fingerprint density at radius 3 is 1.89 bits per heavy atom.